The molecule has 4 nitrogen and oxygen atoms in total. The third-order valence-electron chi connectivity index (χ3n) is 2.58. The highest BCUT2D eigenvalue weighted by molar-refractivity contribution is 5.91. The molecule has 90 valence electrons. The molecule has 1 fully saturated rings. The SMILES string of the molecule is CCOC(=O)/C=C/C(=O)OCC1CCCC1. The van der Waals surface area contributed by atoms with Crippen molar-refractivity contribution in [2.75, 3.05) is 13.2 Å². The molecule has 1 aliphatic rings. The lowest BCUT2D eigenvalue weighted by Crippen LogP contribution is -2.10. The van der Waals surface area contributed by atoms with E-state index < -0.39 is 11.9 Å². The van der Waals surface area contributed by atoms with Crippen LogP contribution in [0.15, 0.2) is 12.2 Å². The number of hydrogen-bond donors (Lipinski definition) is 0. The maximum atomic E-state index is 11.2. The third kappa shape index (κ3) is 4.96. The van der Waals surface area contributed by atoms with E-state index in [1.54, 1.807) is 6.92 Å². The van der Waals surface area contributed by atoms with Crippen LogP contribution in [0.25, 0.3) is 0 Å². The number of carbonyl (C=O) groups is 2. The Labute approximate surface area is 95.6 Å². The van der Waals surface area contributed by atoms with Crippen LogP contribution in [-0.4, -0.2) is 25.2 Å². The molecule has 0 bridgehead atoms. The van der Waals surface area contributed by atoms with Gasteiger partial charge in [-0.3, -0.25) is 0 Å². The van der Waals surface area contributed by atoms with Crippen LogP contribution < -0.4 is 0 Å². The summed E-state index contributed by atoms with van der Waals surface area (Å²) in [5.41, 5.74) is 0. The van der Waals surface area contributed by atoms with Crippen molar-refractivity contribution in [3.05, 3.63) is 12.2 Å². The van der Waals surface area contributed by atoms with Gasteiger partial charge in [-0.2, -0.15) is 0 Å². The zero-order valence-corrected chi connectivity index (χ0v) is 9.61. The summed E-state index contributed by atoms with van der Waals surface area (Å²) in [5.74, 6) is -0.486. The predicted octanol–water partition coefficient (Wildman–Crippen LogP) is 1.84. The Bertz CT molecular complexity index is 264. The molecule has 0 heterocycles. The van der Waals surface area contributed by atoms with Gasteiger partial charge >= 0.3 is 11.9 Å². The molecule has 0 spiro atoms. The second kappa shape index (κ2) is 7.04. The average molecular weight is 226 g/mol. The number of esters is 2. The summed E-state index contributed by atoms with van der Waals surface area (Å²) in [6, 6.07) is 0. The second-order valence-electron chi connectivity index (χ2n) is 3.87. The lowest BCUT2D eigenvalue weighted by molar-refractivity contribution is -0.141. The minimum atomic E-state index is -0.514. The topological polar surface area (TPSA) is 52.6 Å². The van der Waals surface area contributed by atoms with Crippen molar-refractivity contribution in [1.82, 2.24) is 0 Å². The van der Waals surface area contributed by atoms with Crippen LogP contribution in [-0.2, 0) is 19.1 Å². The molecular weight excluding hydrogens is 208 g/mol. The Balaban J connectivity index is 2.16. The molecular formula is C12H18O4. The van der Waals surface area contributed by atoms with E-state index in [-0.39, 0.29) is 0 Å². The third-order valence-corrected chi connectivity index (χ3v) is 2.58. The van der Waals surface area contributed by atoms with E-state index >= 15 is 0 Å². The molecule has 16 heavy (non-hydrogen) atoms. The minimum absolute atomic E-state index is 0.306. The highest BCUT2D eigenvalue weighted by atomic mass is 16.5. The molecule has 0 aromatic carbocycles. The molecule has 0 saturated heterocycles. The molecule has 1 saturated carbocycles. The predicted molar refractivity (Wildman–Crippen MR) is 58.7 cm³/mol. The van der Waals surface area contributed by atoms with E-state index in [9.17, 15) is 9.59 Å². The number of hydrogen-bond acceptors (Lipinski definition) is 4. The maximum absolute atomic E-state index is 11.2. The summed E-state index contributed by atoms with van der Waals surface area (Å²) < 4.78 is 9.66. The van der Waals surface area contributed by atoms with Crippen molar-refractivity contribution in [2.45, 2.75) is 32.6 Å². The van der Waals surface area contributed by atoms with Gasteiger partial charge in [0.2, 0.25) is 0 Å². The molecule has 1 rings (SSSR count). The van der Waals surface area contributed by atoms with Crippen LogP contribution in [0.4, 0.5) is 0 Å². The van der Waals surface area contributed by atoms with Crippen LogP contribution in [0, 0.1) is 5.92 Å². The van der Waals surface area contributed by atoms with Crippen molar-refractivity contribution < 1.29 is 19.1 Å². The fraction of sp³-hybridized carbons (Fsp3) is 0.667. The van der Waals surface area contributed by atoms with Gasteiger partial charge in [-0.05, 0) is 25.7 Å². The van der Waals surface area contributed by atoms with Gasteiger partial charge in [0, 0.05) is 12.2 Å². The Morgan fingerprint density at radius 1 is 1.12 bits per heavy atom. The standard InChI is InChI=1S/C12H18O4/c1-2-15-11(13)7-8-12(14)16-9-10-5-3-4-6-10/h7-8,10H,2-6,9H2,1H3/b8-7+. The Hall–Kier alpha value is -1.32. The highest BCUT2D eigenvalue weighted by Gasteiger charge is 2.16. The summed E-state index contributed by atoms with van der Waals surface area (Å²) in [4.78, 5) is 22.1. The molecule has 0 N–H and O–H groups in total. The van der Waals surface area contributed by atoms with E-state index in [1.807, 2.05) is 0 Å². The Morgan fingerprint density at radius 2 is 1.69 bits per heavy atom. The fourth-order valence-electron chi connectivity index (χ4n) is 1.75. The van der Waals surface area contributed by atoms with E-state index in [1.165, 1.54) is 12.8 Å². The second-order valence-corrected chi connectivity index (χ2v) is 3.87. The maximum Gasteiger partial charge on any atom is 0.331 e. The van der Waals surface area contributed by atoms with Crippen molar-refractivity contribution in [1.29, 1.82) is 0 Å². The van der Waals surface area contributed by atoms with Crippen molar-refractivity contribution in [2.24, 2.45) is 5.92 Å². The van der Waals surface area contributed by atoms with Crippen LogP contribution >= 0.6 is 0 Å². The quantitative estimate of drug-likeness (QED) is 0.530. The highest BCUT2D eigenvalue weighted by Crippen LogP contribution is 2.24. The number of ether oxygens (including phenoxy) is 2. The minimum Gasteiger partial charge on any atom is -0.463 e. The first kappa shape index (κ1) is 12.7. The summed E-state index contributed by atoms with van der Waals surface area (Å²) in [5, 5.41) is 0. The van der Waals surface area contributed by atoms with Crippen molar-refractivity contribution >= 4 is 11.9 Å². The summed E-state index contributed by atoms with van der Waals surface area (Å²) in [6.07, 6.45) is 6.93. The normalized spacial score (nSPS) is 16.6. The van der Waals surface area contributed by atoms with Crippen LogP contribution in [0.3, 0.4) is 0 Å². The molecule has 0 amide bonds. The first-order valence-electron chi connectivity index (χ1n) is 5.74. The van der Waals surface area contributed by atoms with Gasteiger partial charge in [0.15, 0.2) is 0 Å². The molecule has 0 aromatic rings. The molecule has 1 aliphatic carbocycles. The lowest BCUT2D eigenvalue weighted by Gasteiger charge is -2.07. The van der Waals surface area contributed by atoms with Gasteiger partial charge in [-0.25, -0.2) is 9.59 Å². The van der Waals surface area contributed by atoms with Gasteiger partial charge in [0.25, 0.3) is 0 Å². The van der Waals surface area contributed by atoms with Crippen LogP contribution in [0.5, 0.6) is 0 Å². The largest absolute Gasteiger partial charge is 0.463 e. The van der Waals surface area contributed by atoms with Gasteiger partial charge in [-0.1, -0.05) is 12.8 Å². The summed E-state index contributed by atoms with van der Waals surface area (Å²) >= 11 is 0. The lowest BCUT2D eigenvalue weighted by atomic mass is 10.1. The van der Waals surface area contributed by atoms with E-state index in [0.717, 1.165) is 25.0 Å². The number of carbonyl (C=O) groups excluding carboxylic acids is 2. The fourth-order valence-corrected chi connectivity index (χ4v) is 1.75. The molecule has 0 atom stereocenters. The van der Waals surface area contributed by atoms with Gasteiger partial charge in [0.05, 0.1) is 13.2 Å². The molecule has 4 heteroatoms. The molecule has 0 aliphatic heterocycles. The first-order chi connectivity index (χ1) is 7.72. The Kier molecular flexibility index (Phi) is 5.61. The van der Waals surface area contributed by atoms with E-state index in [2.05, 4.69) is 4.74 Å². The van der Waals surface area contributed by atoms with Gasteiger partial charge in [-0.15, -0.1) is 0 Å². The first-order valence-corrected chi connectivity index (χ1v) is 5.74. The smallest absolute Gasteiger partial charge is 0.331 e. The van der Waals surface area contributed by atoms with Crippen LogP contribution in [0.2, 0.25) is 0 Å². The number of rotatable bonds is 5. The van der Waals surface area contributed by atoms with Gasteiger partial charge < -0.3 is 9.47 Å². The molecule has 0 radical (unpaired) electrons. The summed E-state index contributed by atoms with van der Waals surface area (Å²) in [6.45, 7) is 2.48. The summed E-state index contributed by atoms with van der Waals surface area (Å²) in [7, 11) is 0. The van der Waals surface area contributed by atoms with Crippen molar-refractivity contribution in [3.8, 4) is 0 Å². The van der Waals surface area contributed by atoms with E-state index in [4.69, 9.17) is 4.74 Å². The average Bonchev–Trinajstić information content (AvgIpc) is 2.77. The monoisotopic (exact) mass is 226 g/mol. The van der Waals surface area contributed by atoms with Gasteiger partial charge in [0.1, 0.15) is 0 Å². The molecule has 0 unspecified atom stereocenters. The van der Waals surface area contributed by atoms with Crippen LogP contribution in [0.1, 0.15) is 32.6 Å². The Morgan fingerprint density at radius 3 is 2.25 bits per heavy atom. The van der Waals surface area contributed by atoms with E-state index in [0.29, 0.717) is 19.1 Å². The zero-order valence-electron chi connectivity index (χ0n) is 9.61. The molecule has 0 aromatic heterocycles. The van der Waals surface area contributed by atoms with Crippen molar-refractivity contribution in [3.63, 3.8) is 0 Å². The zero-order chi connectivity index (χ0) is 11.8.